The van der Waals surface area contributed by atoms with E-state index in [1.807, 2.05) is 35.9 Å². The van der Waals surface area contributed by atoms with Gasteiger partial charge in [-0.1, -0.05) is 58.8 Å². The highest BCUT2D eigenvalue weighted by atomic mass is 35.5. The van der Waals surface area contributed by atoms with Crippen LogP contribution in [0.2, 0.25) is 5.02 Å². The van der Waals surface area contributed by atoms with Crippen LogP contribution in [0.15, 0.2) is 48.5 Å². The Morgan fingerprint density at radius 2 is 2.03 bits per heavy atom. The summed E-state index contributed by atoms with van der Waals surface area (Å²) < 4.78 is 2.92. The van der Waals surface area contributed by atoms with Crippen molar-refractivity contribution in [3.63, 3.8) is 0 Å². The Hall–Kier alpha value is -2.90. The van der Waals surface area contributed by atoms with E-state index in [2.05, 4.69) is 46.5 Å². The molecule has 3 heterocycles. The predicted molar refractivity (Wildman–Crippen MR) is 134 cm³/mol. The van der Waals surface area contributed by atoms with Gasteiger partial charge < -0.3 is 10.2 Å². The van der Waals surface area contributed by atoms with Crippen molar-refractivity contribution in [3.05, 3.63) is 70.4 Å². The third kappa shape index (κ3) is 4.61. The van der Waals surface area contributed by atoms with Gasteiger partial charge in [0.1, 0.15) is 0 Å². The third-order valence-electron chi connectivity index (χ3n) is 6.08. The van der Waals surface area contributed by atoms with Gasteiger partial charge in [0, 0.05) is 24.7 Å². The van der Waals surface area contributed by atoms with E-state index in [-0.39, 0.29) is 11.8 Å². The molecule has 0 spiro atoms. The number of aromatic nitrogens is 3. The van der Waals surface area contributed by atoms with E-state index in [9.17, 15) is 4.79 Å². The zero-order chi connectivity index (χ0) is 22.9. The lowest BCUT2D eigenvalue weighted by Crippen LogP contribution is -2.43. The number of benzene rings is 2. The van der Waals surface area contributed by atoms with Gasteiger partial charge in [-0.05, 0) is 50.5 Å². The first kappa shape index (κ1) is 21.9. The highest BCUT2D eigenvalue weighted by Gasteiger charge is 2.28. The number of halogens is 1. The second-order valence-corrected chi connectivity index (χ2v) is 10.0. The van der Waals surface area contributed by atoms with Crippen LogP contribution in [0.5, 0.6) is 0 Å². The first-order chi connectivity index (χ1) is 16.0. The van der Waals surface area contributed by atoms with Gasteiger partial charge in [0.2, 0.25) is 5.91 Å². The summed E-state index contributed by atoms with van der Waals surface area (Å²) in [5.41, 5.74) is 5.01. The Morgan fingerprint density at radius 3 is 2.82 bits per heavy atom. The van der Waals surface area contributed by atoms with Crippen molar-refractivity contribution in [2.75, 3.05) is 18.0 Å². The van der Waals surface area contributed by atoms with Crippen molar-refractivity contribution in [3.8, 4) is 5.69 Å². The average molecular weight is 480 g/mol. The largest absolute Gasteiger partial charge is 0.352 e. The summed E-state index contributed by atoms with van der Waals surface area (Å²) in [6.07, 6.45) is 1.87. The number of fused-ring (bicyclic) bond motifs is 1. The average Bonchev–Trinajstić information content (AvgIpc) is 3.39. The van der Waals surface area contributed by atoms with Crippen molar-refractivity contribution in [1.29, 1.82) is 0 Å². The number of anilines is 1. The zero-order valence-corrected chi connectivity index (χ0v) is 20.3. The molecule has 170 valence electrons. The second-order valence-electron chi connectivity index (χ2n) is 8.61. The zero-order valence-electron chi connectivity index (χ0n) is 18.7. The summed E-state index contributed by atoms with van der Waals surface area (Å²) in [6.45, 7) is 6.21. The number of hydrogen-bond acceptors (Lipinski definition) is 5. The van der Waals surface area contributed by atoms with Crippen LogP contribution in [0.1, 0.15) is 29.7 Å². The summed E-state index contributed by atoms with van der Waals surface area (Å²) >= 11 is 7.83. The summed E-state index contributed by atoms with van der Waals surface area (Å²) in [5, 5.41) is 9.40. The van der Waals surface area contributed by atoms with Crippen molar-refractivity contribution in [2.24, 2.45) is 5.92 Å². The van der Waals surface area contributed by atoms with Crippen LogP contribution < -0.4 is 10.2 Å². The molecule has 4 aromatic rings. The third-order valence-corrected chi connectivity index (χ3v) is 7.53. The van der Waals surface area contributed by atoms with Gasteiger partial charge in [-0.2, -0.15) is 10.1 Å². The minimum atomic E-state index is -0.0401. The molecule has 1 aliphatic rings. The van der Waals surface area contributed by atoms with E-state index in [0.29, 0.717) is 18.1 Å². The minimum absolute atomic E-state index is 0.0401. The van der Waals surface area contributed by atoms with Crippen LogP contribution in [-0.2, 0) is 11.3 Å². The van der Waals surface area contributed by atoms with Crippen LogP contribution in [0.25, 0.3) is 16.0 Å². The van der Waals surface area contributed by atoms with E-state index in [4.69, 9.17) is 16.6 Å². The van der Waals surface area contributed by atoms with Crippen LogP contribution in [-0.4, -0.2) is 33.8 Å². The molecule has 8 heteroatoms. The number of nitrogens with one attached hydrogen (secondary N) is 1. The van der Waals surface area contributed by atoms with Crippen LogP contribution in [0, 0.1) is 19.8 Å². The molecule has 1 fully saturated rings. The maximum Gasteiger partial charge on any atom is 0.225 e. The Kier molecular flexibility index (Phi) is 6.08. The molecule has 33 heavy (non-hydrogen) atoms. The van der Waals surface area contributed by atoms with Crippen molar-refractivity contribution in [1.82, 2.24) is 20.1 Å². The Balaban J connectivity index is 1.32. The van der Waals surface area contributed by atoms with E-state index in [1.54, 1.807) is 11.3 Å². The van der Waals surface area contributed by atoms with E-state index >= 15 is 0 Å². The van der Waals surface area contributed by atoms with Crippen molar-refractivity contribution < 1.29 is 4.79 Å². The summed E-state index contributed by atoms with van der Waals surface area (Å²) in [4.78, 5) is 20.1. The molecule has 6 nitrogen and oxygen atoms in total. The minimum Gasteiger partial charge on any atom is -0.352 e. The number of rotatable bonds is 5. The van der Waals surface area contributed by atoms with Gasteiger partial charge in [0.25, 0.3) is 0 Å². The van der Waals surface area contributed by atoms with Crippen molar-refractivity contribution >= 4 is 44.3 Å². The summed E-state index contributed by atoms with van der Waals surface area (Å²) in [5.74, 6) is 0.0735. The number of nitrogens with zero attached hydrogens (tertiary/aromatic N) is 4. The standard InChI is InChI=1S/C25H26ClN5OS/c1-16-8-10-18(11-9-16)14-27-24(32)19-5-4-12-30(15-19)25-28-23-22(33-25)17(2)29-31(23)21-7-3-6-20(26)13-21/h3,6-11,13,19H,4-5,12,14-15H2,1-2H3,(H,27,32). The lowest BCUT2D eigenvalue weighted by molar-refractivity contribution is -0.125. The van der Waals surface area contributed by atoms with Gasteiger partial charge in [-0.25, -0.2) is 4.68 Å². The Morgan fingerprint density at radius 1 is 1.21 bits per heavy atom. The normalized spacial score (nSPS) is 16.3. The summed E-state index contributed by atoms with van der Waals surface area (Å²) in [7, 11) is 0. The predicted octanol–water partition coefficient (Wildman–Crippen LogP) is 5.29. The van der Waals surface area contributed by atoms with Crippen LogP contribution >= 0.6 is 22.9 Å². The van der Waals surface area contributed by atoms with E-state index in [1.165, 1.54) is 5.56 Å². The van der Waals surface area contributed by atoms with Crippen LogP contribution in [0.3, 0.4) is 0 Å². The van der Waals surface area contributed by atoms with Gasteiger partial charge in [-0.3, -0.25) is 4.79 Å². The smallest absolute Gasteiger partial charge is 0.225 e. The highest BCUT2D eigenvalue weighted by molar-refractivity contribution is 7.22. The van der Waals surface area contributed by atoms with Crippen LogP contribution in [0.4, 0.5) is 5.13 Å². The molecular formula is C25H26ClN5OS. The molecule has 1 saturated heterocycles. The fourth-order valence-electron chi connectivity index (χ4n) is 4.25. The molecule has 1 aliphatic heterocycles. The molecule has 1 atom stereocenters. The molecule has 0 radical (unpaired) electrons. The van der Waals surface area contributed by atoms with Gasteiger partial charge in [-0.15, -0.1) is 0 Å². The molecule has 0 aliphatic carbocycles. The lowest BCUT2D eigenvalue weighted by atomic mass is 9.97. The first-order valence-corrected chi connectivity index (χ1v) is 12.4. The summed E-state index contributed by atoms with van der Waals surface area (Å²) in [6, 6.07) is 15.9. The first-order valence-electron chi connectivity index (χ1n) is 11.2. The fourth-order valence-corrected chi connectivity index (χ4v) is 5.46. The monoisotopic (exact) mass is 479 g/mol. The number of hydrogen-bond donors (Lipinski definition) is 1. The number of carbonyl (C=O) groups excluding carboxylic acids is 1. The molecule has 1 N–H and O–H groups in total. The lowest BCUT2D eigenvalue weighted by Gasteiger charge is -2.31. The molecular weight excluding hydrogens is 454 g/mol. The fraction of sp³-hybridized carbons (Fsp3) is 0.320. The molecule has 1 unspecified atom stereocenters. The quantitative estimate of drug-likeness (QED) is 0.422. The Bertz CT molecular complexity index is 1300. The number of piperidine rings is 1. The maximum atomic E-state index is 12.9. The van der Waals surface area contributed by atoms with Gasteiger partial charge >= 0.3 is 0 Å². The Labute approximate surface area is 202 Å². The SMILES string of the molecule is Cc1ccc(CNC(=O)C2CCCN(c3nc4c(s3)c(C)nn4-c3cccc(Cl)c3)C2)cc1. The number of aryl methyl sites for hydroxylation is 2. The molecule has 0 bridgehead atoms. The van der Waals surface area contributed by atoms with Crippen molar-refractivity contribution in [2.45, 2.75) is 33.2 Å². The number of amides is 1. The topological polar surface area (TPSA) is 63.1 Å². The molecule has 5 rings (SSSR count). The number of carbonyl (C=O) groups is 1. The van der Waals surface area contributed by atoms with Gasteiger partial charge in [0.15, 0.2) is 10.8 Å². The van der Waals surface area contributed by atoms with Gasteiger partial charge in [0.05, 0.1) is 22.0 Å². The van der Waals surface area contributed by atoms with E-state index < -0.39 is 0 Å². The molecule has 2 aromatic heterocycles. The maximum absolute atomic E-state index is 12.9. The highest BCUT2D eigenvalue weighted by Crippen LogP contribution is 2.34. The second kappa shape index (κ2) is 9.15. The molecule has 0 saturated carbocycles. The van der Waals surface area contributed by atoms with E-state index in [0.717, 1.165) is 51.8 Å². The molecule has 2 aromatic carbocycles. The number of thiazole rings is 1. The molecule has 1 amide bonds.